The van der Waals surface area contributed by atoms with Gasteiger partial charge in [0.15, 0.2) is 5.65 Å². The number of aromatic nitrogens is 3. The van der Waals surface area contributed by atoms with Crippen molar-refractivity contribution in [1.29, 1.82) is 0 Å². The van der Waals surface area contributed by atoms with E-state index in [1.807, 2.05) is 62.9 Å². The number of likely N-dealkylation sites (N-methyl/N-ethyl adjacent to an activating group) is 1. The molecular formula is C22H29N5O2S. The molecule has 0 radical (unpaired) electrons. The molecule has 3 aromatic rings. The zero-order chi connectivity index (χ0) is 21.8. The molecule has 0 saturated carbocycles. The minimum Gasteiger partial charge on any atom is -0.350 e. The van der Waals surface area contributed by atoms with Crippen LogP contribution in [0, 0.1) is 0 Å². The van der Waals surface area contributed by atoms with Crippen molar-refractivity contribution < 1.29 is 9.59 Å². The van der Waals surface area contributed by atoms with E-state index in [9.17, 15) is 9.59 Å². The molecule has 7 nitrogen and oxygen atoms in total. The summed E-state index contributed by atoms with van der Waals surface area (Å²) in [6, 6.07) is 5.90. The summed E-state index contributed by atoms with van der Waals surface area (Å²) in [6.07, 6.45) is 1.70. The Morgan fingerprint density at radius 1 is 1.27 bits per heavy atom. The third kappa shape index (κ3) is 4.70. The number of nitrogens with zero attached hydrogens (tertiary/aromatic N) is 4. The van der Waals surface area contributed by atoms with Crippen LogP contribution in [0.3, 0.4) is 0 Å². The van der Waals surface area contributed by atoms with Crippen molar-refractivity contribution in [2.24, 2.45) is 0 Å². The molecule has 0 aromatic carbocycles. The molecule has 0 aliphatic rings. The van der Waals surface area contributed by atoms with Gasteiger partial charge in [0.25, 0.3) is 5.91 Å². The second-order valence-corrected chi connectivity index (χ2v) is 8.88. The first kappa shape index (κ1) is 22.0. The highest BCUT2D eigenvalue weighted by Gasteiger charge is 2.23. The van der Waals surface area contributed by atoms with Crippen molar-refractivity contribution in [3.63, 3.8) is 0 Å². The molecule has 0 spiro atoms. The van der Waals surface area contributed by atoms with Crippen LogP contribution >= 0.6 is 11.3 Å². The van der Waals surface area contributed by atoms with E-state index in [0.717, 1.165) is 16.0 Å². The van der Waals surface area contributed by atoms with Gasteiger partial charge in [0.2, 0.25) is 5.91 Å². The molecule has 0 unspecified atom stereocenters. The second-order valence-electron chi connectivity index (χ2n) is 7.84. The number of amides is 2. The van der Waals surface area contributed by atoms with Crippen LogP contribution in [0.5, 0.6) is 0 Å². The van der Waals surface area contributed by atoms with Gasteiger partial charge in [-0.15, -0.1) is 11.3 Å². The van der Waals surface area contributed by atoms with Crippen LogP contribution in [-0.4, -0.2) is 44.6 Å². The lowest BCUT2D eigenvalue weighted by molar-refractivity contribution is -0.121. The van der Waals surface area contributed by atoms with Crippen molar-refractivity contribution in [2.45, 2.75) is 53.1 Å². The Hall–Kier alpha value is -2.74. The Labute approximate surface area is 181 Å². The highest BCUT2D eigenvalue weighted by Crippen LogP contribution is 2.25. The van der Waals surface area contributed by atoms with Gasteiger partial charge in [-0.3, -0.25) is 9.59 Å². The Kier molecular flexibility index (Phi) is 6.87. The summed E-state index contributed by atoms with van der Waals surface area (Å²) < 4.78 is 1.84. The quantitative estimate of drug-likeness (QED) is 0.590. The van der Waals surface area contributed by atoms with Gasteiger partial charge < -0.3 is 10.2 Å². The molecule has 160 valence electrons. The maximum Gasteiger partial charge on any atom is 0.255 e. The van der Waals surface area contributed by atoms with E-state index < -0.39 is 0 Å². The molecule has 0 aliphatic carbocycles. The van der Waals surface area contributed by atoms with Gasteiger partial charge in [0, 0.05) is 23.2 Å². The van der Waals surface area contributed by atoms with Crippen LogP contribution in [0.2, 0.25) is 0 Å². The van der Waals surface area contributed by atoms with Gasteiger partial charge in [0.05, 0.1) is 30.2 Å². The number of pyridine rings is 1. The minimum atomic E-state index is -0.179. The topological polar surface area (TPSA) is 80.1 Å². The van der Waals surface area contributed by atoms with Crippen LogP contribution in [0.25, 0.3) is 11.0 Å². The standard InChI is InChI=1S/C22H29N5O2S/c1-6-26(13-20(28)23-11-16-8-7-9-30-16)22(29)17-10-19(14(2)3)25-21-18(17)12-24-27(21)15(4)5/h7-10,12,14-15H,6,11,13H2,1-5H3,(H,23,28). The Balaban J connectivity index is 1.86. The molecule has 0 atom stereocenters. The average Bonchev–Trinajstić information content (AvgIpc) is 3.38. The zero-order valence-corrected chi connectivity index (χ0v) is 19.0. The molecule has 1 N–H and O–H groups in total. The Bertz CT molecular complexity index is 1020. The number of fused-ring (bicyclic) bond motifs is 1. The summed E-state index contributed by atoms with van der Waals surface area (Å²) in [4.78, 5) is 33.2. The molecule has 8 heteroatoms. The van der Waals surface area contributed by atoms with Gasteiger partial charge in [0.1, 0.15) is 0 Å². The molecule has 0 aliphatic heterocycles. The van der Waals surface area contributed by atoms with Crippen LogP contribution in [0.15, 0.2) is 29.8 Å². The molecule has 0 fully saturated rings. The predicted molar refractivity (Wildman–Crippen MR) is 120 cm³/mol. The smallest absolute Gasteiger partial charge is 0.255 e. The van der Waals surface area contributed by atoms with E-state index in [0.29, 0.717) is 24.3 Å². The summed E-state index contributed by atoms with van der Waals surface area (Å²) >= 11 is 1.59. The van der Waals surface area contributed by atoms with Gasteiger partial charge >= 0.3 is 0 Å². The SMILES string of the molecule is CCN(CC(=O)NCc1cccs1)C(=O)c1cc(C(C)C)nc2c1cnn2C(C)C. The van der Waals surface area contributed by atoms with E-state index in [4.69, 9.17) is 4.98 Å². The van der Waals surface area contributed by atoms with Crippen molar-refractivity contribution in [1.82, 2.24) is 25.0 Å². The van der Waals surface area contributed by atoms with E-state index in [2.05, 4.69) is 10.4 Å². The summed E-state index contributed by atoms with van der Waals surface area (Å²) in [7, 11) is 0. The number of rotatable bonds is 8. The lowest BCUT2D eigenvalue weighted by atomic mass is 10.0. The van der Waals surface area contributed by atoms with Crippen LogP contribution in [-0.2, 0) is 11.3 Å². The monoisotopic (exact) mass is 427 g/mol. The highest BCUT2D eigenvalue weighted by molar-refractivity contribution is 7.09. The summed E-state index contributed by atoms with van der Waals surface area (Å²) in [5.74, 6) is -0.187. The van der Waals surface area contributed by atoms with Gasteiger partial charge in [-0.2, -0.15) is 5.10 Å². The minimum absolute atomic E-state index is 0.0137. The molecule has 30 heavy (non-hydrogen) atoms. The van der Waals surface area contributed by atoms with Gasteiger partial charge in [-0.1, -0.05) is 19.9 Å². The largest absolute Gasteiger partial charge is 0.350 e. The summed E-state index contributed by atoms with van der Waals surface area (Å²) in [5, 5.41) is 10.0. The number of hydrogen-bond acceptors (Lipinski definition) is 5. The van der Waals surface area contributed by atoms with Crippen molar-refractivity contribution in [3.8, 4) is 0 Å². The first-order valence-corrected chi connectivity index (χ1v) is 11.2. The molecule has 3 rings (SSSR count). The first-order valence-electron chi connectivity index (χ1n) is 10.3. The zero-order valence-electron chi connectivity index (χ0n) is 18.2. The van der Waals surface area contributed by atoms with Crippen LogP contribution in [0.1, 0.15) is 67.5 Å². The fourth-order valence-electron chi connectivity index (χ4n) is 3.21. The normalized spacial score (nSPS) is 11.4. The highest BCUT2D eigenvalue weighted by atomic mass is 32.1. The van der Waals surface area contributed by atoms with Crippen LogP contribution < -0.4 is 5.32 Å². The summed E-state index contributed by atoms with van der Waals surface area (Å²) in [5.41, 5.74) is 2.09. The fraction of sp³-hybridized carbons (Fsp3) is 0.455. The number of carbonyl (C=O) groups excluding carboxylic acids is 2. The van der Waals surface area contributed by atoms with E-state index >= 15 is 0 Å². The number of hydrogen-bond donors (Lipinski definition) is 1. The van der Waals surface area contributed by atoms with Gasteiger partial charge in [-0.25, -0.2) is 9.67 Å². The molecule has 0 bridgehead atoms. The maximum atomic E-state index is 13.4. The number of carbonyl (C=O) groups is 2. The number of nitrogens with one attached hydrogen (secondary N) is 1. The molecule has 0 saturated heterocycles. The Morgan fingerprint density at radius 2 is 2.03 bits per heavy atom. The van der Waals surface area contributed by atoms with Crippen molar-refractivity contribution in [2.75, 3.05) is 13.1 Å². The maximum absolute atomic E-state index is 13.4. The second kappa shape index (κ2) is 9.38. The number of thiophene rings is 1. The van der Waals surface area contributed by atoms with Crippen molar-refractivity contribution in [3.05, 3.63) is 45.9 Å². The fourth-order valence-corrected chi connectivity index (χ4v) is 3.86. The van der Waals surface area contributed by atoms with E-state index in [-0.39, 0.29) is 30.3 Å². The van der Waals surface area contributed by atoms with E-state index in [1.54, 1.807) is 22.4 Å². The lowest BCUT2D eigenvalue weighted by Gasteiger charge is -2.21. The third-order valence-electron chi connectivity index (χ3n) is 4.94. The Morgan fingerprint density at radius 3 is 2.63 bits per heavy atom. The summed E-state index contributed by atoms with van der Waals surface area (Å²) in [6.45, 7) is 11.0. The molecule has 3 aromatic heterocycles. The lowest BCUT2D eigenvalue weighted by Crippen LogP contribution is -2.40. The first-order chi connectivity index (χ1) is 14.3. The molecule has 3 heterocycles. The van der Waals surface area contributed by atoms with E-state index in [1.165, 1.54) is 0 Å². The third-order valence-corrected chi connectivity index (χ3v) is 5.82. The van der Waals surface area contributed by atoms with Gasteiger partial charge in [-0.05, 0) is 44.2 Å². The van der Waals surface area contributed by atoms with Crippen molar-refractivity contribution >= 4 is 34.2 Å². The molecule has 2 amide bonds. The predicted octanol–water partition coefficient (Wildman–Crippen LogP) is 3.98. The van der Waals surface area contributed by atoms with Crippen LogP contribution in [0.4, 0.5) is 0 Å². The molecular weight excluding hydrogens is 398 g/mol. The average molecular weight is 428 g/mol.